The second-order valence-electron chi connectivity index (χ2n) is 5.02. The first-order valence-corrected chi connectivity index (χ1v) is 6.97. The molecule has 0 amide bonds. The van der Waals surface area contributed by atoms with Crippen molar-refractivity contribution < 1.29 is 9.84 Å². The van der Waals surface area contributed by atoms with E-state index < -0.39 is 6.10 Å². The molecule has 0 fully saturated rings. The molecule has 1 unspecified atom stereocenters. The van der Waals surface area contributed by atoms with Crippen LogP contribution in [0.15, 0.2) is 30.3 Å². The summed E-state index contributed by atoms with van der Waals surface area (Å²) in [6.45, 7) is 5.46. The normalized spacial score (nSPS) is 11.8. The molecule has 2 aromatic rings. The summed E-state index contributed by atoms with van der Waals surface area (Å²) < 4.78 is 5.88. The molecule has 0 spiro atoms. The maximum Gasteiger partial charge on any atom is 0.146 e. The fraction of sp³-hybridized carbons (Fsp3) is 0.235. The lowest BCUT2D eigenvalue weighted by molar-refractivity contribution is 0.199. The van der Waals surface area contributed by atoms with Crippen molar-refractivity contribution in [2.45, 2.75) is 26.9 Å². The first-order chi connectivity index (χ1) is 9.92. The lowest BCUT2D eigenvalue weighted by atomic mass is 10.1. The molecule has 0 aliphatic carbocycles. The average molecular weight is 302 g/mol. The lowest BCUT2D eigenvalue weighted by Gasteiger charge is -2.14. The zero-order chi connectivity index (χ0) is 15.6. The highest BCUT2D eigenvalue weighted by molar-refractivity contribution is 6.32. The molecule has 3 nitrogen and oxygen atoms in total. The molecule has 1 N–H and O–H groups in total. The standard InChI is InChI=1S/C17H16ClNO2/c1-10-6-13(9-19)7-11(2)17(10)21-16-5-4-14(12(3)20)8-15(16)18/h4-8,12,20H,1-3H3. The minimum atomic E-state index is -0.574. The Labute approximate surface area is 129 Å². The minimum absolute atomic E-state index is 0.441. The van der Waals surface area contributed by atoms with Crippen LogP contribution in [0.5, 0.6) is 11.5 Å². The highest BCUT2D eigenvalue weighted by Gasteiger charge is 2.11. The number of nitrogens with zero attached hydrogens (tertiary/aromatic N) is 1. The topological polar surface area (TPSA) is 53.2 Å². The Morgan fingerprint density at radius 1 is 1.19 bits per heavy atom. The van der Waals surface area contributed by atoms with Crippen LogP contribution in [-0.2, 0) is 0 Å². The van der Waals surface area contributed by atoms with E-state index in [2.05, 4.69) is 6.07 Å². The van der Waals surface area contributed by atoms with Crippen molar-refractivity contribution in [1.29, 1.82) is 5.26 Å². The molecule has 4 heteroatoms. The summed E-state index contributed by atoms with van der Waals surface area (Å²) in [5.74, 6) is 1.22. The van der Waals surface area contributed by atoms with Gasteiger partial charge in [-0.2, -0.15) is 5.26 Å². The second kappa shape index (κ2) is 6.17. The van der Waals surface area contributed by atoms with Gasteiger partial charge >= 0.3 is 0 Å². The number of hydrogen-bond acceptors (Lipinski definition) is 3. The molecule has 0 saturated heterocycles. The van der Waals surface area contributed by atoms with Crippen molar-refractivity contribution in [1.82, 2.24) is 0 Å². The highest BCUT2D eigenvalue weighted by Crippen LogP contribution is 2.35. The number of halogens is 1. The van der Waals surface area contributed by atoms with Gasteiger partial charge in [0.1, 0.15) is 11.5 Å². The van der Waals surface area contributed by atoms with E-state index in [1.54, 1.807) is 37.3 Å². The quantitative estimate of drug-likeness (QED) is 0.896. The zero-order valence-corrected chi connectivity index (χ0v) is 12.9. The Hall–Kier alpha value is -2.02. The highest BCUT2D eigenvalue weighted by atomic mass is 35.5. The summed E-state index contributed by atoms with van der Waals surface area (Å²) in [4.78, 5) is 0. The summed E-state index contributed by atoms with van der Waals surface area (Å²) in [5, 5.41) is 18.9. The Kier molecular flexibility index (Phi) is 4.52. The molecule has 0 radical (unpaired) electrons. The fourth-order valence-corrected chi connectivity index (χ4v) is 2.37. The van der Waals surface area contributed by atoms with Crippen LogP contribution in [0.1, 0.15) is 35.3 Å². The monoisotopic (exact) mass is 301 g/mol. The zero-order valence-electron chi connectivity index (χ0n) is 12.1. The third-order valence-corrected chi connectivity index (χ3v) is 3.54. The van der Waals surface area contributed by atoms with E-state index in [4.69, 9.17) is 21.6 Å². The number of aliphatic hydroxyl groups excluding tert-OH is 1. The smallest absolute Gasteiger partial charge is 0.146 e. The van der Waals surface area contributed by atoms with E-state index in [9.17, 15) is 5.11 Å². The van der Waals surface area contributed by atoms with Crippen LogP contribution in [-0.4, -0.2) is 5.11 Å². The van der Waals surface area contributed by atoms with Gasteiger partial charge in [-0.1, -0.05) is 17.7 Å². The summed E-state index contributed by atoms with van der Waals surface area (Å²) >= 11 is 6.20. The van der Waals surface area contributed by atoms with Crippen molar-refractivity contribution in [3.63, 3.8) is 0 Å². The van der Waals surface area contributed by atoms with Crippen LogP contribution in [0.3, 0.4) is 0 Å². The Morgan fingerprint density at radius 2 is 1.81 bits per heavy atom. The summed E-state index contributed by atoms with van der Waals surface area (Å²) in [7, 11) is 0. The average Bonchev–Trinajstić information content (AvgIpc) is 2.43. The summed E-state index contributed by atoms with van der Waals surface area (Å²) in [5.41, 5.74) is 3.10. The van der Waals surface area contributed by atoms with Crippen LogP contribution in [0, 0.1) is 25.2 Å². The second-order valence-corrected chi connectivity index (χ2v) is 5.43. The van der Waals surface area contributed by atoms with Crippen molar-refractivity contribution in [2.75, 3.05) is 0 Å². The number of aryl methyl sites for hydroxylation is 2. The maximum absolute atomic E-state index is 9.54. The SMILES string of the molecule is Cc1cc(C#N)cc(C)c1Oc1ccc(C(C)O)cc1Cl. The minimum Gasteiger partial charge on any atom is -0.455 e. The molecule has 21 heavy (non-hydrogen) atoms. The summed E-state index contributed by atoms with van der Waals surface area (Å²) in [6.07, 6.45) is -0.574. The molecule has 0 saturated carbocycles. The number of benzene rings is 2. The van der Waals surface area contributed by atoms with Gasteiger partial charge in [0.2, 0.25) is 0 Å². The van der Waals surface area contributed by atoms with Crippen LogP contribution in [0.2, 0.25) is 5.02 Å². The predicted molar refractivity (Wildman–Crippen MR) is 82.8 cm³/mol. The van der Waals surface area contributed by atoms with Crippen molar-refractivity contribution in [2.24, 2.45) is 0 Å². The van der Waals surface area contributed by atoms with Gasteiger partial charge in [-0.05, 0) is 61.7 Å². The molecule has 0 heterocycles. The van der Waals surface area contributed by atoms with E-state index in [-0.39, 0.29) is 0 Å². The Morgan fingerprint density at radius 3 is 2.29 bits per heavy atom. The first-order valence-electron chi connectivity index (χ1n) is 6.59. The Bertz CT molecular complexity index is 694. The van der Waals surface area contributed by atoms with Crippen LogP contribution in [0.4, 0.5) is 0 Å². The van der Waals surface area contributed by atoms with Gasteiger partial charge in [-0.25, -0.2) is 0 Å². The lowest BCUT2D eigenvalue weighted by Crippen LogP contribution is -1.95. The number of hydrogen-bond donors (Lipinski definition) is 1. The summed E-state index contributed by atoms with van der Waals surface area (Å²) in [6, 6.07) is 10.9. The maximum atomic E-state index is 9.54. The Balaban J connectivity index is 2.37. The van der Waals surface area contributed by atoms with Crippen molar-refractivity contribution >= 4 is 11.6 Å². The molecule has 0 aliphatic rings. The van der Waals surface area contributed by atoms with Crippen LogP contribution in [0.25, 0.3) is 0 Å². The largest absolute Gasteiger partial charge is 0.455 e. The van der Waals surface area contributed by atoms with Gasteiger partial charge in [0.25, 0.3) is 0 Å². The third kappa shape index (κ3) is 3.36. The molecule has 2 rings (SSSR count). The first kappa shape index (κ1) is 15.4. The number of aliphatic hydroxyl groups is 1. The molecule has 108 valence electrons. The van der Waals surface area contributed by atoms with Gasteiger partial charge < -0.3 is 9.84 Å². The van der Waals surface area contributed by atoms with E-state index in [1.807, 2.05) is 13.8 Å². The molecule has 1 atom stereocenters. The van der Waals surface area contributed by atoms with Gasteiger partial charge in [0, 0.05) is 0 Å². The van der Waals surface area contributed by atoms with Crippen molar-refractivity contribution in [3.8, 4) is 17.6 Å². The van der Waals surface area contributed by atoms with E-state index in [0.717, 1.165) is 16.7 Å². The number of rotatable bonds is 3. The number of nitriles is 1. The van der Waals surface area contributed by atoms with Crippen molar-refractivity contribution in [3.05, 3.63) is 57.6 Å². The van der Waals surface area contributed by atoms with Gasteiger partial charge in [0.15, 0.2) is 0 Å². The molecular weight excluding hydrogens is 286 g/mol. The molecule has 0 aliphatic heterocycles. The third-order valence-electron chi connectivity index (χ3n) is 3.24. The molecule has 0 bridgehead atoms. The molecular formula is C17H16ClNO2. The van der Waals surface area contributed by atoms with Gasteiger partial charge in [0.05, 0.1) is 22.8 Å². The van der Waals surface area contributed by atoms with Crippen LogP contribution < -0.4 is 4.74 Å². The fourth-order valence-electron chi connectivity index (χ4n) is 2.15. The number of ether oxygens (including phenoxy) is 1. The predicted octanol–water partition coefficient (Wildman–Crippen LogP) is 4.67. The van der Waals surface area contributed by atoms with E-state index in [0.29, 0.717) is 22.1 Å². The molecule has 2 aromatic carbocycles. The van der Waals surface area contributed by atoms with E-state index >= 15 is 0 Å². The van der Waals surface area contributed by atoms with Gasteiger partial charge in [-0.3, -0.25) is 0 Å². The van der Waals surface area contributed by atoms with E-state index in [1.165, 1.54) is 0 Å². The van der Waals surface area contributed by atoms with Crippen LogP contribution >= 0.6 is 11.6 Å². The molecule has 0 aromatic heterocycles. The van der Waals surface area contributed by atoms with Gasteiger partial charge in [-0.15, -0.1) is 0 Å².